The lowest BCUT2D eigenvalue weighted by atomic mass is 10.2. The van der Waals surface area contributed by atoms with E-state index in [1.165, 1.54) is 30.9 Å². The van der Waals surface area contributed by atoms with Crippen molar-refractivity contribution in [3.63, 3.8) is 0 Å². The van der Waals surface area contributed by atoms with Crippen LogP contribution in [0.1, 0.15) is 23.3 Å². The van der Waals surface area contributed by atoms with E-state index in [0.29, 0.717) is 11.4 Å². The molecular weight excluding hydrogens is 306 g/mol. The first-order valence-electron chi connectivity index (χ1n) is 7.71. The van der Waals surface area contributed by atoms with E-state index in [0.717, 1.165) is 23.4 Å². The third-order valence-electron chi connectivity index (χ3n) is 4.23. The normalized spacial score (nSPS) is 13.8. The number of ether oxygens (including phenoxy) is 1. The van der Waals surface area contributed by atoms with Crippen LogP contribution in [0.3, 0.4) is 0 Å². The van der Waals surface area contributed by atoms with Gasteiger partial charge in [-0.05, 0) is 37.0 Å². The molecule has 0 radical (unpaired) electrons. The predicted molar refractivity (Wildman–Crippen MR) is 87.2 cm³/mol. The first-order chi connectivity index (χ1) is 11.7. The van der Waals surface area contributed by atoms with Crippen molar-refractivity contribution in [2.24, 2.45) is 5.92 Å². The van der Waals surface area contributed by atoms with Crippen LogP contribution in [0.25, 0.3) is 21.4 Å². The fourth-order valence-electron chi connectivity index (χ4n) is 2.80. The highest BCUT2D eigenvalue weighted by molar-refractivity contribution is 5.95. The lowest BCUT2D eigenvalue weighted by molar-refractivity contribution is 0.0593. The van der Waals surface area contributed by atoms with E-state index < -0.39 is 5.97 Å². The molecule has 0 spiro atoms. The van der Waals surface area contributed by atoms with Crippen molar-refractivity contribution in [3.8, 4) is 5.69 Å². The van der Waals surface area contributed by atoms with Gasteiger partial charge in [-0.25, -0.2) is 9.64 Å². The van der Waals surface area contributed by atoms with Crippen LogP contribution in [-0.2, 0) is 11.3 Å². The standard InChI is InChI=1S/C17H15N5O2/c1-18-15-10-21(9-11-3-4-11)16-6-5-12(7-13(15)16)22-19-8-14(20-22)17(23)24-2/h5-8,10-11H,3-4,9H2,2H3. The third kappa shape index (κ3) is 2.42. The van der Waals surface area contributed by atoms with Crippen molar-refractivity contribution in [1.82, 2.24) is 19.6 Å². The van der Waals surface area contributed by atoms with Gasteiger partial charge in [-0.3, -0.25) is 0 Å². The number of carbonyl (C=O) groups excluding carboxylic acids is 1. The number of benzene rings is 1. The molecule has 1 saturated carbocycles. The van der Waals surface area contributed by atoms with Crippen molar-refractivity contribution in [1.29, 1.82) is 0 Å². The average Bonchev–Trinajstić information content (AvgIpc) is 3.17. The minimum Gasteiger partial charge on any atom is -0.464 e. The zero-order valence-electron chi connectivity index (χ0n) is 13.1. The monoisotopic (exact) mass is 321 g/mol. The molecule has 0 bridgehead atoms. The molecule has 0 saturated heterocycles. The summed E-state index contributed by atoms with van der Waals surface area (Å²) in [6.07, 6.45) is 5.80. The number of aromatic nitrogens is 4. The van der Waals surface area contributed by atoms with Crippen LogP contribution in [0.2, 0.25) is 0 Å². The van der Waals surface area contributed by atoms with Crippen LogP contribution >= 0.6 is 0 Å². The highest BCUT2D eigenvalue weighted by atomic mass is 16.5. The Balaban J connectivity index is 1.76. The predicted octanol–water partition coefficient (Wildman–Crippen LogP) is 2.97. The summed E-state index contributed by atoms with van der Waals surface area (Å²) in [7, 11) is 1.30. The van der Waals surface area contributed by atoms with Gasteiger partial charge >= 0.3 is 5.97 Å². The van der Waals surface area contributed by atoms with Gasteiger partial charge in [0.05, 0.1) is 25.6 Å². The molecule has 4 rings (SSSR count). The van der Waals surface area contributed by atoms with Crippen molar-refractivity contribution >= 4 is 22.6 Å². The van der Waals surface area contributed by atoms with E-state index in [-0.39, 0.29) is 5.69 Å². The van der Waals surface area contributed by atoms with E-state index in [1.807, 2.05) is 24.4 Å². The zero-order valence-corrected chi connectivity index (χ0v) is 13.1. The Morgan fingerprint density at radius 3 is 3.00 bits per heavy atom. The average molecular weight is 321 g/mol. The minimum atomic E-state index is -0.528. The van der Waals surface area contributed by atoms with Crippen LogP contribution < -0.4 is 0 Å². The number of fused-ring (bicyclic) bond motifs is 1. The topological polar surface area (TPSA) is 66.3 Å². The van der Waals surface area contributed by atoms with Gasteiger partial charge in [0.1, 0.15) is 0 Å². The first-order valence-corrected chi connectivity index (χ1v) is 7.71. The molecule has 3 aromatic rings. The summed E-state index contributed by atoms with van der Waals surface area (Å²) < 4.78 is 6.79. The lowest BCUT2D eigenvalue weighted by Crippen LogP contribution is -2.04. The van der Waals surface area contributed by atoms with Gasteiger partial charge in [0, 0.05) is 23.6 Å². The second kappa shape index (κ2) is 5.49. The second-order valence-electron chi connectivity index (χ2n) is 5.93. The number of hydrogen-bond donors (Lipinski definition) is 0. The fourth-order valence-corrected chi connectivity index (χ4v) is 2.80. The van der Waals surface area contributed by atoms with Gasteiger partial charge in [0.25, 0.3) is 0 Å². The molecule has 0 N–H and O–H groups in total. The summed E-state index contributed by atoms with van der Waals surface area (Å²) in [6, 6.07) is 5.75. The molecule has 0 unspecified atom stereocenters. The maximum Gasteiger partial charge on any atom is 0.360 e. The SMILES string of the molecule is [C-]#[N+]c1cn(CC2CC2)c2ccc(-n3ncc(C(=O)OC)n3)cc12. The Hall–Kier alpha value is -3.14. The summed E-state index contributed by atoms with van der Waals surface area (Å²) in [4.78, 5) is 16.5. The van der Waals surface area contributed by atoms with Gasteiger partial charge < -0.3 is 9.30 Å². The molecule has 1 aliphatic rings. The van der Waals surface area contributed by atoms with Gasteiger partial charge in [-0.15, -0.1) is 5.10 Å². The van der Waals surface area contributed by atoms with Gasteiger partial charge in [0.2, 0.25) is 5.69 Å². The number of esters is 1. The van der Waals surface area contributed by atoms with Crippen LogP contribution in [0.4, 0.5) is 5.69 Å². The summed E-state index contributed by atoms with van der Waals surface area (Å²) in [5.41, 5.74) is 2.51. The Bertz CT molecular complexity index is 975. The maximum atomic E-state index is 11.5. The number of nitrogens with zero attached hydrogens (tertiary/aromatic N) is 5. The van der Waals surface area contributed by atoms with E-state index in [2.05, 4.69) is 24.3 Å². The Labute approximate surface area is 138 Å². The van der Waals surface area contributed by atoms with Crippen molar-refractivity contribution < 1.29 is 9.53 Å². The van der Waals surface area contributed by atoms with Crippen molar-refractivity contribution in [2.45, 2.75) is 19.4 Å². The first kappa shape index (κ1) is 14.5. The molecule has 7 nitrogen and oxygen atoms in total. The molecule has 1 fully saturated rings. The molecule has 0 amide bonds. The van der Waals surface area contributed by atoms with E-state index in [4.69, 9.17) is 6.57 Å². The number of hydrogen-bond acceptors (Lipinski definition) is 4. The van der Waals surface area contributed by atoms with E-state index in [9.17, 15) is 4.79 Å². The molecule has 1 aromatic carbocycles. The largest absolute Gasteiger partial charge is 0.464 e. The van der Waals surface area contributed by atoms with Gasteiger partial charge in [0.15, 0.2) is 5.69 Å². The Morgan fingerprint density at radius 2 is 2.29 bits per heavy atom. The zero-order chi connectivity index (χ0) is 16.7. The molecule has 0 aliphatic heterocycles. The third-order valence-corrected chi connectivity index (χ3v) is 4.23. The van der Waals surface area contributed by atoms with Crippen LogP contribution in [0.5, 0.6) is 0 Å². The summed E-state index contributed by atoms with van der Waals surface area (Å²) in [5, 5.41) is 9.10. The molecule has 7 heteroatoms. The van der Waals surface area contributed by atoms with Gasteiger partial charge in [-0.1, -0.05) is 0 Å². The molecule has 0 atom stereocenters. The quantitative estimate of drug-likeness (QED) is 0.547. The molecule has 2 aromatic heterocycles. The molecular formula is C17H15N5O2. The Morgan fingerprint density at radius 1 is 1.46 bits per heavy atom. The number of rotatable bonds is 4. The highest BCUT2D eigenvalue weighted by Gasteiger charge is 2.23. The summed E-state index contributed by atoms with van der Waals surface area (Å²) >= 11 is 0. The summed E-state index contributed by atoms with van der Waals surface area (Å²) in [6.45, 7) is 8.37. The van der Waals surface area contributed by atoms with E-state index in [1.54, 1.807) is 0 Å². The summed E-state index contributed by atoms with van der Waals surface area (Å²) in [5.74, 6) is 0.203. The van der Waals surface area contributed by atoms with Crippen LogP contribution in [0, 0.1) is 12.5 Å². The number of methoxy groups -OCH3 is 1. The second-order valence-corrected chi connectivity index (χ2v) is 5.93. The maximum absolute atomic E-state index is 11.5. The molecule has 2 heterocycles. The molecule has 24 heavy (non-hydrogen) atoms. The van der Waals surface area contributed by atoms with Crippen LogP contribution in [0.15, 0.2) is 30.6 Å². The minimum absolute atomic E-state index is 0.148. The Kier molecular flexibility index (Phi) is 3.31. The fraction of sp³-hybridized carbons (Fsp3) is 0.294. The van der Waals surface area contributed by atoms with Crippen molar-refractivity contribution in [2.75, 3.05) is 7.11 Å². The van der Waals surface area contributed by atoms with E-state index >= 15 is 0 Å². The highest BCUT2D eigenvalue weighted by Crippen LogP contribution is 2.35. The lowest BCUT2D eigenvalue weighted by Gasteiger charge is -2.05. The van der Waals surface area contributed by atoms with Crippen LogP contribution in [-0.4, -0.2) is 32.6 Å². The number of carbonyl (C=O) groups is 1. The molecule has 120 valence electrons. The smallest absolute Gasteiger partial charge is 0.360 e. The molecule has 1 aliphatic carbocycles. The van der Waals surface area contributed by atoms with Crippen molar-refractivity contribution in [3.05, 3.63) is 47.7 Å². The van der Waals surface area contributed by atoms with Gasteiger partial charge in [-0.2, -0.15) is 9.90 Å².